The van der Waals surface area contributed by atoms with E-state index in [1.54, 1.807) is 0 Å². The van der Waals surface area contributed by atoms with Gasteiger partial charge in [0.05, 0.1) is 20.1 Å². The summed E-state index contributed by atoms with van der Waals surface area (Å²) in [6.07, 6.45) is 6.83. The summed E-state index contributed by atoms with van der Waals surface area (Å²) < 4.78 is 10.1. The van der Waals surface area contributed by atoms with E-state index >= 15 is 0 Å². The van der Waals surface area contributed by atoms with Gasteiger partial charge < -0.3 is 9.26 Å². The highest BCUT2D eigenvalue weighted by molar-refractivity contribution is 5.69. The van der Waals surface area contributed by atoms with E-state index in [9.17, 15) is 4.79 Å². The first-order valence-electron chi connectivity index (χ1n) is 7.85. The maximum absolute atomic E-state index is 11.5. The molecule has 1 aliphatic heterocycles. The second-order valence-corrected chi connectivity index (χ2v) is 5.61. The van der Waals surface area contributed by atoms with Gasteiger partial charge in [-0.15, -0.1) is 0 Å². The number of unbranched alkanes of at least 4 members (excludes halogenated alkanes) is 1. The summed E-state index contributed by atoms with van der Waals surface area (Å²) in [5, 5.41) is 4.02. The number of aryl methyl sites for hydroxylation is 1. The summed E-state index contributed by atoms with van der Waals surface area (Å²) in [5.74, 6) is 1.28. The van der Waals surface area contributed by atoms with Crippen LogP contribution in [0.4, 0.5) is 0 Å². The zero-order valence-electron chi connectivity index (χ0n) is 13.0. The van der Waals surface area contributed by atoms with E-state index in [0.29, 0.717) is 18.9 Å². The average Bonchev–Trinajstić information content (AvgIpc) is 2.94. The van der Waals surface area contributed by atoms with Crippen molar-refractivity contribution in [2.75, 3.05) is 13.7 Å². The van der Waals surface area contributed by atoms with Crippen molar-refractivity contribution in [2.45, 2.75) is 64.5 Å². The first-order valence-corrected chi connectivity index (χ1v) is 7.85. The number of ether oxygens (including phenoxy) is 1. The minimum absolute atomic E-state index is 0.152. The SMILES string of the molecule is CCCCc1noc(CN2CCCCC2CC(=O)OC)n1. The normalized spacial score (nSPS) is 19.6. The van der Waals surface area contributed by atoms with E-state index in [2.05, 4.69) is 22.0 Å². The molecule has 0 bridgehead atoms. The Morgan fingerprint density at radius 2 is 2.33 bits per heavy atom. The van der Waals surface area contributed by atoms with Gasteiger partial charge in [-0.25, -0.2) is 0 Å². The van der Waals surface area contributed by atoms with E-state index in [-0.39, 0.29) is 12.0 Å². The second kappa shape index (κ2) is 8.12. The molecule has 0 aliphatic carbocycles. The van der Waals surface area contributed by atoms with Crippen molar-refractivity contribution in [1.82, 2.24) is 15.0 Å². The largest absolute Gasteiger partial charge is 0.469 e. The predicted molar refractivity (Wildman–Crippen MR) is 77.6 cm³/mol. The van der Waals surface area contributed by atoms with Gasteiger partial charge in [0.1, 0.15) is 0 Å². The van der Waals surface area contributed by atoms with E-state index in [1.165, 1.54) is 7.11 Å². The first kappa shape index (κ1) is 15.9. The summed E-state index contributed by atoms with van der Waals surface area (Å²) in [5.41, 5.74) is 0. The van der Waals surface area contributed by atoms with Crippen molar-refractivity contribution in [1.29, 1.82) is 0 Å². The van der Waals surface area contributed by atoms with Gasteiger partial charge in [0.15, 0.2) is 5.82 Å². The van der Waals surface area contributed by atoms with E-state index < -0.39 is 0 Å². The Hall–Kier alpha value is -1.43. The quantitative estimate of drug-likeness (QED) is 0.719. The number of esters is 1. The van der Waals surface area contributed by atoms with Crippen molar-refractivity contribution in [3.05, 3.63) is 11.7 Å². The van der Waals surface area contributed by atoms with Crippen LogP contribution >= 0.6 is 0 Å². The lowest BCUT2D eigenvalue weighted by Gasteiger charge is -2.33. The van der Waals surface area contributed by atoms with Crippen molar-refractivity contribution < 1.29 is 14.1 Å². The smallest absolute Gasteiger partial charge is 0.307 e. The van der Waals surface area contributed by atoms with Gasteiger partial charge in [0.25, 0.3) is 0 Å². The molecule has 0 spiro atoms. The van der Waals surface area contributed by atoms with E-state index in [1.807, 2.05) is 0 Å². The van der Waals surface area contributed by atoms with Crippen LogP contribution in [0.1, 0.15) is 57.2 Å². The van der Waals surface area contributed by atoms with Crippen LogP contribution in [0.25, 0.3) is 0 Å². The molecule has 0 saturated carbocycles. The van der Waals surface area contributed by atoms with Crippen molar-refractivity contribution in [2.24, 2.45) is 0 Å². The fourth-order valence-corrected chi connectivity index (χ4v) is 2.74. The Bertz CT molecular complexity index is 447. The van der Waals surface area contributed by atoms with Gasteiger partial charge in [0.2, 0.25) is 5.89 Å². The molecular weight excluding hydrogens is 270 g/mol. The lowest BCUT2D eigenvalue weighted by molar-refractivity contribution is -0.142. The molecule has 1 aliphatic rings. The number of hydrogen-bond donors (Lipinski definition) is 0. The molecule has 6 heteroatoms. The Morgan fingerprint density at radius 1 is 1.48 bits per heavy atom. The van der Waals surface area contributed by atoms with Crippen LogP contribution in [0.15, 0.2) is 4.52 Å². The Balaban J connectivity index is 1.92. The lowest BCUT2D eigenvalue weighted by atomic mass is 9.99. The molecule has 0 aromatic carbocycles. The van der Waals surface area contributed by atoms with Crippen molar-refractivity contribution in [3.8, 4) is 0 Å². The number of piperidine rings is 1. The van der Waals surface area contributed by atoms with Crippen LogP contribution in [-0.4, -0.2) is 40.7 Å². The van der Waals surface area contributed by atoms with E-state index in [4.69, 9.17) is 9.26 Å². The number of methoxy groups -OCH3 is 1. The summed E-state index contributed by atoms with van der Waals surface area (Å²) in [6, 6.07) is 0.220. The van der Waals surface area contributed by atoms with Crippen LogP contribution in [0.5, 0.6) is 0 Å². The number of aromatic nitrogens is 2. The molecule has 0 amide bonds. The summed E-state index contributed by atoms with van der Waals surface area (Å²) in [7, 11) is 1.44. The molecule has 1 saturated heterocycles. The molecule has 2 rings (SSSR count). The predicted octanol–water partition coefficient (Wildman–Crippen LogP) is 2.33. The third kappa shape index (κ3) is 4.81. The third-order valence-corrected chi connectivity index (χ3v) is 3.98. The molecule has 21 heavy (non-hydrogen) atoms. The molecular formula is C15H25N3O3. The molecule has 1 aromatic heterocycles. The maximum atomic E-state index is 11.5. The Labute approximate surface area is 125 Å². The minimum Gasteiger partial charge on any atom is -0.469 e. The van der Waals surface area contributed by atoms with Gasteiger partial charge in [-0.3, -0.25) is 9.69 Å². The standard InChI is InChI=1S/C15H25N3O3/c1-3-4-8-13-16-14(21-17-13)11-18-9-6-5-7-12(18)10-15(19)20-2/h12H,3-11H2,1-2H3. The number of likely N-dealkylation sites (tertiary alicyclic amines) is 1. The fourth-order valence-electron chi connectivity index (χ4n) is 2.74. The summed E-state index contributed by atoms with van der Waals surface area (Å²) in [6.45, 7) is 3.74. The third-order valence-electron chi connectivity index (χ3n) is 3.98. The summed E-state index contributed by atoms with van der Waals surface area (Å²) in [4.78, 5) is 18.2. The van der Waals surface area contributed by atoms with Gasteiger partial charge >= 0.3 is 5.97 Å². The topological polar surface area (TPSA) is 68.5 Å². The number of carbonyl (C=O) groups excluding carboxylic acids is 1. The maximum Gasteiger partial charge on any atom is 0.307 e. The lowest BCUT2D eigenvalue weighted by Crippen LogP contribution is -2.40. The van der Waals surface area contributed by atoms with Crippen molar-refractivity contribution in [3.63, 3.8) is 0 Å². The average molecular weight is 295 g/mol. The monoisotopic (exact) mass is 295 g/mol. The number of hydrogen-bond acceptors (Lipinski definition) is 6. The Kier molecular flexibility index (Phi) is 6.17. The highest BCUT2D eigenvalue weighted by Crippen LogP contribution is 2.22. The van der Waals surface area contributed by atoms with Gasteiger partial charge in [-0.2, -0.15) is 4.98 Å². The van der Waals surface area contributed by atoms with Gasteiger partial charge in [-0.05, 0) is 25.8 Å². The molecule has 6 nitrogen and oxygen atoms in total. The van der Waals surface area contributed by atoms with Crippen molar-refractivity contribution >= 4 is 5.97 Å². The van der Waals surface area contributed by atoms with Crippen LogP contribution in [-0.2, 0) is 22.5 Å². The fraction of sp³-hybridized carbons (Fsp3) is 0.800. The summed E-state index contributed by atoms with van der Waals surface area (Å²) >= 11 is 0. The molecule has 1 aromatic rings. The molecule has 2 heterocycles. The zero-order chi connectivity index (χ0) is 15.1. The molecule has 1 fully saturated rings. The Morgan fingerprint density at radius 3 is 3.10 bits per heavy atom. The molecule has 1 unspecified atom stereocenters. The molecule has 1 atom stereocenters. The minimum atomic E-state index is -0.152. The number of rotatable bonds is 7. The highest BCUT2D eigenvalue weighted by Gasteiger charge is 2.26. The van der Waals surface area contributed by atoms with Gasteiger partial charge in [0, 0.05) is 12.5 Å². The zero-order valence-corrected chi connectivity index (χ0v) is 13.0. The van der Waals surface area contributed by atoms with Crippen LogP contribution in [0.3, 0.4) is 0 Å². The molecule has 0 radical (unpaired) electrons. The highest BCUT2D eigenvalue weighted by atomic mass is 16.5. The molecule has 118 valence electrons. The second-order valence-electron chi connectivity index (χ2n) is 5.61. The molecule has 0 N–H and O–H groups in total. The number of carbonyl (C=O) groups is 1. The number of nitrogens with zero attached hydrogens (tertiary/aromatic N) is 3. The van der Waals surface area contributed by atoms with E-state index in [0.717, 1.165) is 50.9 Å². The van der Waals surface area contributed by atoms with Crippen LogP contribution < -0.4 is 0 Å². The van der Waals surface area contributed by atoms with Crippen LogP contribution in [0, 0.1) is 0 Å². The first-order chi connectivity index (χ1) is 10.2. The van der Waals surface area contributed by atoms with Crippen LogP contribution in [0.2, 0.25) is 0 Å². The van der Waals surface area contributed by atoms with Gasteiger partial charge in [-0.1, -0.05) is 24.9 Å².